The van der Waals surface area contributed by atoms with Crippen LogP contribution in [0.5, 0.6) is 5.75 Å². The minimum atomic E-state index is -0.530. The van der Waals surface area contributed by atoms with Gasteiger partial charge in [-0.2, -0.15) is 0 Å². The van der Waals surface area contributed by atoms with E-state index in [0.29, 0.717) is 16.8 Å². The van der Waals surface area contributed by atoms with Crippen LogP contribution in [-0.4, -0.2) is 25.0 Å². The van der Waals surface area contributed by atoms with Gasteiger partial charge in [0.25, 0.3) is 0 Å². The van der Waals surface area contributed by atoms with Gasteiger partial charge in [0.2, 0.25) is 11.8 Å². The average Bonchev–Trinajstić information content (AvgIpc) is 3.00. The van der Waals surface area contributed by atoms with E-state index in [2.05, 4.69) is 21.2 Å². The molecule has 0 bridgehead atoms. The van der Waals surface area contributed by atoms with Crippen molar-refractivity contribution >= 4 is 39.1 Å². The van der Waals surface area contributed by atoms with Crippen molar-refractivity contribution in [3.8, 4) is 5.75 Å². The molecule has 1 heterocycles. The van der Waals surface area contributed by atoms with Crippen molar-refractivity contribution in [3.05, 3.63) is 52.8 Å². The highest BCUT2D eigenvalue weighted by Crippen LogP contribution is 2.28. The summed E-state index contributed by atoms with van der Waals surface area (Å²) in [6.45, 7) is 2.73. The third kappa shape index (κ3) is 4.04. The molecule has 0 aromatic heterocycles. The number of carbonyl (C=O) groups excluding carboxylic acids is 2. The van der Waals surface area contributed by atoms with Gasteiger partial charge in [-0.25, -0.2) is 4.39 Å². The zero-order valence-electron chi connectivity index (χ0n) is 14.2. The molecule has 1 fully saturated rings. The number of hydrogen-bond acceptors (Lipinski definition) is 3. The lowest BCUT2D eigenvalue weighted by molar-refractivity contribution is -0.122. The van der Waals surface area contributed by atoms with E-state index >= 15 is 0 Å². The topological polar surface area (TPSA) is 58.6 Å². The van der Waals surface area contributed by atoms with Crippen molar-refractivity contribution < 1.29 is 18.7 Å². The van der Waals surface area contributed by atoms with E-state index in [9.17, 15) is 14.0 Å². The second-order valence-electron chi connectivity index (χ2n) is 5.95. The van der Waals surface area contributed by atoms with Crippen LogP contribution in [0.25, 0.3) is 0 Å². The molecule has 7 heteroatoms. The van der Waals surface area contributed by atoms with Gasteiger partial charge in [-0.15, -0.1) is 0 Å². The zero-order valence-corrected chi connectivity index (χ0v) is 15.8. The summed E-state index contributed by atoms with van der Waals surface area (Å²) in [6.07, 6.45) is 0.0944. The van der Waals surface area contributed by atoms with E-state index in [0.717, 1.165) is 5.75 Å². The largest absolute Gasteiger partial charge is 0.494 e. The lowest BCUT2D eigenvalue weighted by atomic mass is 10.1. The van der Waals surface area contributed by atoms with Crippen LogP contribution in [0.4, 0.5) is 15.8 Å². The molecule has 136 valence electrons. The Morgan fingerprint density at radius 1 is 1.31 bits per heavy atom. The minimum absolute atomic E-state index is 0.0944. The highest BCUT2D eigenvalue weighted by atomic mass is 79.9. The number of carbonyl (C=O) groups is 2. The minimum Gasteiger partial charge on any atom is -0.494 e. The van der Waals surface area contributed by atoms with Crippen LogP contribution in [0.3, 0.4) is 0 Å². The first-order chi connectivity index (χ1) is 12.5. The molecule has 1 aliphatic heterocycles. The summed E-state index contributed by atoms with van der Waals surface area (Å²) >= 11 is 3.17. The van der Waals surface area contributed by atoms with Crippen molar-refractivity contribution in [3.63, 3.8) is 0 Å². The Balaban J connectivity index is 1.67. The van der Waals surface area contributed by atoms with Crippen molar-refractivity contribution in [1.82, 2.24) is 0 Å². The van der Waals surface area contributed by atoms with Gasteiger partial charge < -0.3 is 15.0 Å². The van der Waals surface area contributed by atoms with Crippen LogP contribution >= 0.6 is 15.9 Å². The zero-order chi connectivity index (χ0) is 18.7. The number of hydrogen-bond donors (Lipinski definition) is 1. The highest BCUT2D eigenvalue weighted by Gasteiger charge is 2.35. The number of rotatable bonds is 5. The molecule has 1 atom stereocenters. The summed E-state index contributed by atoms with van der Waals surface area (Å²) in [4.78, 5) is 26.3. The number of nitrogens with zero attached hydrogens (tertiary/aromatic N) is 1. The van der Waals surface area contributed by atoms with E-state index in [1.165, 1.54) is 12.1 Å². The Morgan fingerprint density at radius 2 is 2.04 bits per heavy atom. The molecule has 0 radical (unpaired) electrons. The summed E-state index contributed by atoms with van der Waals surface area (Å²) in [7, 11) is 0. The molecule has 0 saturated carbocycles. The first-order valence-corrected chi connectivity index (χ1v) is 9.06. The summed E-state index contributed by atoms with van der Waals surface area (Å²) in [5, 5.41) is 2.56. The first-order valence-electron chi connectivity index (χ1n) is 8.27. The predicted molar refractivity (Wildman–Crippen MR) is 101 cm³/mol. The van der Waals surface area contributed by atoms with E-state index in [1.54, 1.807) is 35.2 Å². The van der Waals surface area contributed by atoms with E-state index in [1.807, 2.05) is 6.92 Å². The molecule has 0 spiro atoms. The van der Waals surface area contributed by atoms with Crippen LogP contribution in [0.2, 0.25) is 0 Å². The molecule has 0 unspecified atom stereocenters. The second-order valence-corrected chi connectivity index (χ2v) is 6.86. The molecule has 2 aromatic rings. The number of benzene rings is 2. The maximum Gasteiger partial charge on any atom is 0.229 e. The third-order valence-electron chi connectivity index (χ3n) is 4.14. The van der Waals surface area contributed by atoms with Crippen LogP contribution < -0.4 is 15.0 Å². The molecule has 0 aliphatic carbocycles. The molecule has 5 nitrogen and oxygen atoms in total. The lowest BCUT2D eigenvalue weighted by Crippen LogP contribution is -2.28. The van der Waals surface area contributed by atoms with Gasteiger partial charge in [-0.05, 0) is 49.4 Å². The van der Waals surface area contributed by atoms with Gasteiger partial charge in [-0.1, -0.05) is 15.9 Å². The first kappa shape index (κ1) is 18.4. The Labute approximate surface area is 159 Å². The molecule has 26 heavy (non-hydrogen) atoms. The van der Waals surface area contributed by atoms with E-state index < -0.39 is 11.7 Å². The van der Waals surface area contributed by atoms with E-state index in [4.69, 9.17) is 4.74 Å². The third-order valence-corrected chi connectivity index (χ3v) is 4.64. The summed E-state index contributed by atoms with van der Waals surface area (Å²) in [5.41, 5.74) is 0.814. The summed E-state index contributed by atoms with van der Waals surface area (Å²) in [5.74, 6) is -0.834. The van der Waals surface area contributed by atoms with Gasteiger partial charge in [-0.3, -0.25) is 9.59 Å². The summed E-state index contributed by atoms with van der Waals surface area (Å²) in [6, 6.07) is 11.6. The summed E-state index contributed by atoms with van der Waals surface area (Å²) < 4.78 is 19.9. The molecule has 1 saturated heterocycles. The Hall–Kier alpha value is -2.41. The number of nitrogens with one attached hydrogen (secondary N) is 1. The van der Waals surface area contributed by atoms with Crippen LogP contribution in [-0.2, 0) is 9.59 Å². The van der Waals surface area contributed by atoms with Crippen molar-refractivity contribution in [2.45, 2.75) is 13.3 Å². The average molecular weight is 421 g/mol. The fourth-order valence-corrected chi connectivity index (χ4v) is 3.18. The smallest absolute Gasteiger partial charge is 0.229 e. The number of amides is 2. The quantitative estimate of drug-likeness (QED) is 0.795. The van der Waals surface area contributed by atoms with Crippen molar-refractivity contribution in [1.29, 1.82) is 0 Å². The maximum atomic E-state index is 13.9. The molecule has 2 aromatic carbocycles. The van der Waals surface area contributed by atoms with E-state index in [-0.39, 0.29) is 30.5 Å². The Kier molecular flexibility index (Phi) is 5.56. The van der Waals surface area contributed by atoms with Crippen LogP contribution in [0, 0.1) is 11.7 Å². The van der Waals surface area contributed by atoms with Crippen LogP contribution in [0.1, 0.15) is 13.3 Å². The normalized spacial score (nSPS) is 16.7. The van der Waals surface area contributed by atoms with Gasteiger partial charge in [0.05, 0.1) is 18.2 Å². The number of halogens is 2. The Bertz CT molecular complexity index is 826. The van der Waals surface area contributed by atoms with Gasteiger partial charge in [0.1, 0.15) is 11.6 Å². The van der Waals surface area contributed by atoms with Gasteiger partial charge >= 0.3 is 0 Å². The molecule has 3 rings (SSSR count). The molecule has 1 N–H and O–H groups in total. The fraction of sp³-hybridized carbons (Fsp3) is 0.263. The standard InChI is InChI=1S/C19H18BrFN2O3/c1-2-26-15-6-4-14(5-7-15)23-11-12(9-18(23)24)19(25)22-17-8-3-13(20)10-16(17)21/h3-8,10,12H,2,9,11H2,1H3,(H,22,25)/t12-/m0/s1. The second kappa shape index (κ2) is 7.86. The monoisotopic (exact) mass is 420 g/mol. The van der Waals surface area contributed by atoms with Crippen molar-refractivity contribution in [2.75, 3.05) is 23.4 Å². The maximum absolute atomic E-state index is 13.9. The molecule has 2 amide bonds. The number of anilines is 2. The molecular weight excluding hydrogens is 403 g/mol. The lowest BCUT2D eigenvalue weighted by Gasteiger charge is -2.17. The predicted octanol–water partition coefficient (Wildman–Crippen LogP) is 3.98. The SMILES string of the molecule is CCOc1ccc(N2C[C@@H](C(=O)Nc3ccc(Br)cc3F)CC2=O)cc1. The van der Waals surface area contributed by atoms with Gasteiger partial charge in [0.15, 0.2) is 0 Å². The van der Waals surface area contributed by atoms with Gasteiger partial charge in [0, 0.05) is 23.1 Å². The number of ether oxygens (including phenoxy) is 1. The van der Waals surface area contributed by atoms with Crippen LogP contribution in [0.15, 0.2) is 46.9 Å². The van der Waals surface area contributed by atoms with Crippen molar-refractivity contribution in [2.24, 2.45) is 5.92 Å². The fourth-order valence-electron chi connectivity index (χ4n) is 2.85. The Morgan fingerprint density at radius 3 is 2.69 bits per heavy atom. The molecule has 1 aliphatic rings. The highest BCUT2D eigenvalue weighted by molar-refractivity contribution is 9.10. The molecular formula is C19H18BrFN2O3.